The van der Waals surface area contributed by atoms with Crippen molar-refractivity contribution in [1.82, 2.24) is 15.1 Å². The van der Waals surface area contributed by atoms with E-state index in [0.717, 1.165) is 60.3 Å². The molecule has 0 atom stereocenters. The summed E-state index contributed by atoms with van der Waals surface area (Å²) in [5.74, 6) is 0.957. The first-order valence-electron chi connectivity index (χ1n) is 10.9. The summed E-state index contributed by atoms with van der Waals surface area (Å²) >= 11 is 5.64. The molecule has 5 nitrogen and oxygen atoms in total. The molecule has 160 valence electrons. The van der Waals surface area contributed by atoms with Gasteiger partial charge in [0.15, 0.2) is 10.9 Å². The molecule has 6 heteroatoms. The lowest BCUT2D eigenvalue weighted by molar-refractivity contribution is 0.389. The van der Waals surface area contributed by atoms with E-state index in [9.17, 15) is 0 Å². The van der Waals surface area contributed by atoms with Gasteiger partial charge >= 0.3 is 0 Å². The lowest BCUT2D eigenvalue weighted by Gasteiger charge is -2.37. The average molecular weight is 440 g/mol. The molecule has 1 fully saturated rings. The van der Waals surface area contributed by atoms with Gasteiger partial charge in [0, 0.05) is 49.1 Å². The molecule has 0 saturated carbocycles. The first-order chi connectivity index (χ1) is 15.8. The molecule has 0 amide bonds. The molecule has 0 aliphatic carbocycles. The standard InChI is InChI=1S/C26H25N5S/c32-26(27-21-11-5-2-6-12-21)31-17-15-30(16-18-31)25-23-14-8-7-13-22(23)24(28-29-25)19-20-9-3-1-4-10-20/h1-14H,15-19H2,(H,27,32). The lowest BCUT2D eigenvalue weighted by atomic mass is 10.0. The fourth-order valence-corrected chi connectivity index (χ4v) is 4.44. The normalized spacial score (nSPS) is 13.9. The van der Waals surface area contributed by atoms with Gasteiger partial charge in [0.25, 0.3) is 0 Å². The zero-order valence-electron chi connectivity index (χ0n) is 17.8. The van der Waals surface area contributed by atoms with Gasteiger partial charge in [-0.2, -0.15) is 5.10 Å². The highest BCUT2D eigenvalue weighted by Crippen LogP contribution is 2.28. The molecule has 5 rings (SSSR count). The lowest BCUT2D eigenvalue weighted by Crippen LogP contribution is -2.50. The summed E-state index contributed by atoms with van der Waals surface area (Å²) in [5, 5.41) is 15.8. The molecule has 1 aromatic heterocycles. The van der Waals surface area contributed by atoms with Crippen LogP contribution in [0.3, 0.4) is 0 Å². The summed E-state index contributed by atoms with van der Waals surface area (Å²) in [6, 6.07) is 29.0. The maximum absolute atomic E-state index is 5.64. The molecule has 3 aromatic carbocycles. The molecule has 4 aromatic rings. The molecular weight excluding hydrogens is 414 g/mol. The largest absolute Gasteiger partial charge is 0.351 e. The van der Waals surface area contributed by atoms with Crippen molar-refractivity contribution in [1.29, 1.82) is 0 Å². The van der Waals surface area contributed by atoms with Gasteiger partial charge in [-0.3, -0.25) is 0 Å². The van der Waals surface area contributed by atoms with Crippen molar-refractivity contribution in [2.75, 3.05) is 36.4 Å². The number of rotatable bonds is 4. The summed E-state index contributed by atoms with van der Waals surface area (Å²) in [6.45, 7) is 3.40. The van der Waals surface area contributed by atoms with E-state index in [1.165, 1.54) is 10.9 Å². The Hall–Kier alpha value is -3.51. The second kappa shape index (κ2) is 9.32. The van der Waals surface area contributed by atoms with Gasteiger partial charge in [-0.05, 0) is 29.9 Å². The number of thiocarbonyl (C=S) groups is 1. The maximum Gasteiger partial charge on any atom is 0.173 e. The number of hydrogen-bond donors (Lipinski definition) is 1. The van der Waals surface area contributed by atoms with Crippen LogP contribution in [-0.2, 0) is 6.42 Å². The number of benzene rings is 3. The number of nitrogens with one attached hydrogen (secondary N) is 1. The molecular formula is C26H25N5S. The van der Waals surface area contributed by atoms with E-state index >= 15 is 0 Å². The van der Waals surface area contributed by atoms with Crippen LogP contribution < -0.4 is 10.2 Å². The summed E-state index contributed by atoms with van der Waals surface area (Å²) in [5.41, 5.74) is 3.28. The number of nitrogens with zero attached hydrogens (tertiary/aromatic N) is 4. The molecule has 0 unspecified atom stereocenters. The highest BCUT2D eigenvalue weighted by atomic mass is 32.1. The summed E-state index contributed by atoms with van der Waals surface area (Å²) < 4.78 is 0. The summed E-state index contributed by atoms with van der Waals surface area (Å²) in [6.07, 6.45) is 0.780. The molecule has 0 spiro atoms. The molecule has 2 heterocycles. The zero-order valence-corrected chi connectivity index (χ0v) is 18.6. The van der Waals surface area contributed by atoms with Crippen LogP contribution in [0, 0.1) is 0 Å². The van der Waals surface area contributed by atoms with Crippen LogP contribution in [0.25, 0.3) is 10.8 Å². The van der Waals surface area contributed by atoms with Crippen LogP contribution in [0.15, 0.2) is 84.9 Å². The Labute approximate surface area is 193 Å². The van der Waals surface area contributed by atoms with Gasteiger partial charge in [-0.15, -0.1) is 5.10 Å². The van der Waals surface area contributed by atoms with E-state index in [1.807, 2.05) is 36.4 Å². The van der Waals surface area contributed by atoms with E-state index < -0.39 is 0 Å². The van der Waals surface area contributed by atoms with E-state index in [1.54, 1.807) is 0 Å². The third-order valence-corrected chi connectivity index (χ3v) is 6.21. The monoisotopic (exact) mass is 439 g/mol. The molecule has 32 heavy (non-hydrogen) atoms. The molecule has 1 aliphatic heterocycles. The quantitative estimate of drug-likeness (QED) is 0.464. The number of aromatic nitrogens is 2. The van der Waals surface area contributed by atoms with Crippen molar-refractivity contribution in [2.24, 2.45) is 0 Å². The third-order valence-electron chi connectivity index (χ3n) is 5.85. The van der Waals surface area contributed by atoms with Crippen LogP contribution in [0.1, 0.15) is 11.3 Å². The van der Waals surface area contributed by atoms with Crippen LogP contribution in [0.5, 0.6) is 0 Å². The average Bonchev–Trinajstić information content (AvgIpc) is 2.86. The minimum absolute atomic E-state index is 0.769. The highest BCUT2D eigenvalue weighted by molar-refractivity contribution is 7.80. The van der Waals surface area contributed by atoms with Crippen LogP contribution >= 0.6 is 12.2 Å². The van der Waals surface area contributed by atoms with Crippen molar-refractivity contribution in [3.8, 4) is 0 Å². The van der Waals surface area contributed by atoms with Gasteiger partial charge in [0.1, 0.15) is 0 Å². The Bertz CT molecular complexity index is 1200. The van der Waals surface area contributed by atoms with E-state index in [0.29, 0.717) is 0 Å². The number of anilines is 2. The first kappa shape index (κ1) is 20.4. The van der Waals surface area contributed by atoms with Crippen molar-refractivity contribution < 1.29 is 0 Å². The van der Waals surface area contributed by atoms with Gasteiger partial charge in [-0.1, -0.05) is 72.8 Å². The van der Waals surface area contributed by atoms with E-state index in [4.69, 9.17) is 12.2 Å². The fraction of sp³-hybridized carbons (Fsp3) is 0.192. The number of fused-ring (bicyclic) bond motifs is 1. The molecule has 1 N–H and O–H groups in total. The van der Waals surface area contributed by atoms with Crippen molar-refractivity contribution >= 4 is 39.6 Å². The van der Waals surface area contributed by atoms with Crippen molar-refractivity contribution in [2.45, 2.75) is 6.42 Å². The van der Waals surface area contributed by atoms with Crippen LogP contribution in [-0.4, -0.2) is 46.4 Å². The predicted molar refractivity (Wildman–Crippen MR) is 135 cm³/mol. The smallest absolute Gasteiger partial charge is 0.173 e. The summed E-state index contributed by atoms with van der Waals surface area (Å²) in [4.78, 5) is 4.54. The minimum atomic E-state index is 0.769. The molecule has 1 saturated heterocycles. The molecule has 0 radical (unpaired) electrons. The Morgan fingerprint density at radius 2 is 1.38 bits per heavy atom. The first-order valence-corrected chi connectivity index (χ1v) is 11.3. The highest BCUT2D eigenvalue weighted by Gasteiger charge is 2.22. The minimum Gasteiger partial charge on any atom is -0.351 e. The van der Waals surface area contributed by atoms with Gasteiger partial charge in [-0.25, -0.2) is 0 Å². The van der Waals surface area contributed by atoms with E-state index in [2.05, 4.69) is 73.8 Å². The molecule has 1 aliphatic rings. The maximum atomic E-state index is 5.64. The summed E-state index contributed by atoms with van der Waals surface area (Å²) in [7, 11) is 0. The Kier molecular flexibility index (Phi) is 5.94. The number of piperazine rings is 1. The topological polar surface area (TPSA) is 44.3 Å². The van der Waals surface area contributed by atoms with Crippen LogP contribution in [0.4, 0.5) is 11.5 Å². The second-order valence-electron chi connectivity index (χ2n) is 7.95. The van der Waals surface area contributed by atoms with Gasteiger partial charge < -0.3 is 15.1 Å². The fourth-order valence-electron chi connectivity index (χ4n) is 4.14. The Morgan fingerprint density at radius 1 is 0.750 bits per heavy atom. The van der Waals surface area contributed by atoms with Crippen molar-refractivity contribution in [3.63, 3.8) is 0 Å². The van der Waals surface area contributed by atoms with E-state index in [-0.39, 0.29) is 0 Å². The SMILES string of the molecule is S=C(Nc1ccccc1)N1CCN(c2nnc(Cc3ccccc3)c3ccccc23)CC1. The predicted octanol–water partition coefficient (Wildman–Crippen LogP) is 4.74. The van der Waals surface area contributed by atoms with Gasteiger partial charge in [0.05, 0.1) is 5.69 Å². The van der Waals surface area contributed by atoms with Crippen molar-refractivity contribution in [3.05, 3.63) is 96.2 Å². The Balaban J connectivity index is 1.31. The molecule has 0 bridgehead atoms. The van der Waals surface area contributed by atoms with Crippen LogP contribution in [0.2, 0.25) is 0 Å². The van der Waals surface area contributed by atoms with Gasteiger partial charge in [0.2, 0.25) is 0 Å². The number of para-hydroxylation sites is 1. The third kappa shape index (κ3) is 4.41. The zero-order chi connectivity index (χ0) is 21.8. The number of hydrogen-bond acceptors (Lipinski definition) is 4. The second-order valence-corrected chi connectivity index (χ2v) is 8.34. The Morgan fingerprint density at radius 3 is 2.09 bits per heavy atom.